The van der Waals surface area contributed by atoms with E-state index in [-0.39, 0.29) is 31.1 Å². The van der Waals surface area contributed by atoms with Crippen molar-refractivity contribution in [2.45, 2.75) is 137 Å². The second-order valence-electron chi connectivity index (χ2n) is 18.6. The molecule has 2 saturated heterocycles. The molecule has 2 aliphatic rings. The van der Waals surface area contributed by atoms with Gasteiger partial charge in [-0.2, -0.15) is 0 Å². The number of ether oxygens (including phenoxy) is 4. The number of carbonyl (C=O) groups excluding carboxylic acids is 5. The number of benzene rings is 2. The number of nitrogens with zero attached hydrogens (tertiary/aromatic N) is 2. The Labute approximate surface area is 339 Å². The van der Waals surface area contributed by atoms with Crippen molar-refractivity contribution in [3.8, 4) is 5.75 Å². The van der Waals surface area contributed by atoms with E-state index in [9.17, 15) is 24.0 Å². The molecule has 2 aliphatic heterocycles. The first kappa shape index (κ1) is 45.1. The maximum atomic E-state index is 14.4. The van der Waals surface area contributed by atoms with Crippen molar-refractivity contribution in [3.05, 3.63) is 65.7 Å². The molecule has 12 heteroatoms. The molecule has 0 radical (unpaired) electrons. The summed E-state index contributed by atoms with van der Waals surface area (Å²) < 4.78 is 23.4. The van der Waals surface area contributed by atoms with Gasteiger partial charge in [0.2, 0.25) is 11.8 Å². The number of amides is 3. The minimum absolute atomic E-state index is 0.0192. The Balaban J connectivity index is 1.53. The van der Waals surface area contributed by atoms with Crippen molar-refractivity contribution < 1.29 is 42.9 Å². The van der Waals surface area contributed by atoms with E-state index in [4.69, 9.17) is 18.9 Å². The van der Waals surface area contributed by atoms with Crippen molar-refractivity contribution in [1.29, 1.82) is 0 Å². The molecule has 0 aliphatic carbocycles. The van der Waals surface area contributed by atoms with E-state index in [1.54, 1.807) is 75.6 Å². The van der Waals surface area contributed by atoms with Crippen LogP contribution in [0.2, 0.25) is 0 Å². The molecular formula is C45H65N3O9. The minimum atomic E-state index is -2.02. The second kappa shape index (κ2) is 18.8. The topological polar surface area (TPSA) is 141 Å². The third-order valence-electron chi connectivity index (χ3n) is 10.1. The lowest BCUT2D eigenvalue weighted by Crippen LogP contribution is -2.55. The first-order valence-electron chi connectivity index (χ1n) is 20.3. The molecule has 314 valence electrons. The van der Waals surface area contributed by atoms with Crippen LogP contribution in [0, 0.1) is 17.3 Å². The average Bonchev–Trinajstić information content (AvgIpc) is 3.13. The van der Waals surface area contributed by atoms with Gasteiger partial charge in [0, 0.05) is 32.6 Å². The SMILES string of the molecule is CC(C)(C)OC(=O)N1CCC(CCC(=O)N2CCC[C@@H](C(=O)NC(c3cccc(OCc4ccccc4)c3)C(C)(C(=O)OC(C)(C)C)C(=O)OC(C)(C)C)C2)CC1. The van der Waals surface area contributed by atoms with Gasteiger partial charge in [-0.1, -0.05) is 42.5 Å². The van der Waals surface area contributed by atoms with Gasteiger partial charge in [0.1, 0.15) is 29.2 Å². The molecule has 12 nitrogen and oxygen atoms in total. The molecule has 2 atom stereocenters. The molecule has 2 fully saturated rings. The summed E-state index contributed by atoms with van der Waals surface area (Å²) >= 11 is 0. The van der Waals surface area contributed by atoms with E-state index in [1.165, 1.54) is 6.92 Å². The van der Waals surface area contributed by atoms with Crippen LogP contribution in [0.1, 0.15) is 125 Å². The number of carbonyl (C=O) groups is 5. The Morgan fingerprint density at radius 1 is 0.719 bits per heavy atom. The van der Waals surface area contributed by atoms with Gasteiger partial charge in [0.05, 0.1) is 12.0 Å². The molecule has 0 bridgehead atoms. The van der Waals surface area contributed by atoms with Crippen LogP contribution in [0.4, 0.5) is 4.79 Å². The molecule has 0 spiro atoms. The molecule has 1 unspecified atom stereocenters. The van der Waals surface area contributed by atoms with Crippen LogP contribution in [0.3, 0.4) is 0 Å². The Bertz CT molecular complexity index is 1670. The van der Waals surface area contributed by atoms with Crippen LogP contribution >= 0.6 is 0 Å². The predicted molar refractivity (Wildman–Crippen MR) is 217 cm³/mol. The summed E-state index contributed by atoms with van der Waals surface area (Å²) in [5.41, 5.74) is -3.06. The summed E-state index contributed by atoms with van der Waals surface area (Å²) in [5.74, 6) is -1.89. The molecule has 0 aromatic heterocycles. The minimum Gasteiger partial charge on any atom is -0.489 e. The number of hydrogen-bond acceptors (Lipinski definition) is 9. The van der Waals surface area contributed by atoms with Crippen LogP contribution in [0.5, 0.6) is 5.75 Å². The summed E-state index contributed by atoms with van der Waals surface area (Å²) in [6.45, 7) is 19.5. The zero-order valence-corrected chi connectivity index (χ0v) is 35.8. The number of nitrogens with one attached hydrogen (secondary N) is 1. The highest BCUT2D eigenvalue weighted by Crippen LogP contribution is 2.40. The maximum absolute atomic E-state index is 14.4. The quantitative estimate of drug-likeness (QED) is 0.130. The molecule has 57 heavy (non-hydrogen) atoms. The fourth-order valence-electron chi connectivity index (χ4n) is 7.07. The van der Waals surface area contributed by atoms with Gasteiger partial charge < -0.3 is 34.1 Å². The zero-order chi connectivity index (χ0) is 42.2. The van der Waals surface area contributed by atoms with Crippen molar-refractivity contribution in [3.63, 3.8) is 0 Å². The summed E-state index contributed by atoms with van der Waals surface area (Å²) in [5, 5.41) is 3.07. The standard InChI is InChI=1S/C45H65N3O9/c1-42(2,3)55-39(51)45(10,40(52)56-43(4,5)6)37(33-18-14-20-35(28-33)54-30-32-16-12-11-13-17-32)46-38(50)34-19-15-25-48(29-34)36(49)22-21-31-23-26-47(27-24-31)41(53)57-44(7,8)9/h11-14,16-18,20,28,31,34,37H,15,19,21-27,29-30H2,1-10H3,(H,46,50)/t34-,37?/m1/s1. The molecule has 2 aromatic rings. The van der Waals surface area contributed by atoms with Crippen LogP contribution in [-0.2, 0) is 40.0 Å². The van der Waals surface area contributed by atoms with Crippen LogP contribution in [-0.4, -0.2) is 82.6 Å². The van der Waals surface area contributed by atoms with E-state index >= 15 is 0 Å². The molecular weight excluding hydrogens is 727 g/mol. The van der Waals surface area contributed by atoms with Crippen molar-refractivity contribution in [1.82, 2.24) is 15.1 Å². The van der Waals surface area contributed by atoms with Gasteiger partial charge in [-0.15, -0.1) is 0 Å². The molecule has 1 N–H and O–H groups in total. The summed E-state index contributed by atoms with van der Waals surface area (Å²) in [4.78, 5) is 72.4. The second-order valence-corrected chi connectivity index (χ2v) is 18.6. The van der Waals surface area contributed by atoms with Gasteiger partial charge in [-0.05, 0) is 131 Å². The van der Waals surface area contributed by atoms with Gasteiger partial charge in [0.15, 0.2) is 5.41 Å². The number of hydrogen-bond donors (Lipinski definition) is 1. The molecule has 2 aromatic carbocycles. The first-order valence-corrected chi connectivity index (χ1v) is 20.3. The fraction of sp³-hybridized carbons (Fsp3) is 0.622. The highest BCUT2D eigenvalue weighted by molar-refractivity contribution is 6.01. The monoisotopic (exact) mass is 791 g/mol. The summed E-state index contributed by atoms with van der Waals surface area (Å²) in [6, 6.07) is 15.4. The smallest absolute Gasteiger partial charge is 0.410 e. The van der Waals surface area contributed by atoms with Crippen LogP contribution in [0.25, 0.3) is 0 Å². The summed E-state index contributed by atoms with van der Waals surface area (Å²) in [7, 11) is 0. The number of piperidine rings is 2. The highest BCUT2D eigenvalue weighted by atomic mass is 16.6. The fourth-order valence-corrected chi connectivity index (χ4v) is 7.07. The van der Waals surface area contributed by atoms with Gasteiger partial charge in [0.25, 0.3) is 0 Å². The van der Waals surface area contributed by atoms with E-state index < -0.39 is 46.1 Å². The third-order valence-corrected chi connectivity index (χ3v) is 10.1. The normalized spacial score (nSPS) is 17.6. The van der Waals surface area contributed by atoms with Crippen LogP contribution < -0.4 is 10.1 Å². The summed E-state index contributed by atoms with van der Waals surface area (Å²) in [6.07, 6.45) is 3.49. The van der Waals surface area contributed by atoms with Gasteiger partial charge in [-0.3, -0.25) is 19.2 Å². The lowest BCUT2D eigenvalue weighted by molar-refractivity contribution is -0.186. The van der Waals surface area contributed by atoms with E-state index in [1.807, 2.05) is 51.1 Å². The van der Waals surface area contributed by atoms with Crippen molar-refractivity contribution in [2.75, 3.05) is 26.2 Å². The van der Waals surface area contributed by atoms with Crippen LogP contribution in [0.15, 0.2) is 54.6 Å². The molecule has 2 heterocycles. The Kier molecular flexibility index (Phi) is 14.8. The van der Waals surface area contributed by atoms with Crippen molar-refractivity contribution in [2.24, 2.45) is 17.3 Å². The van der Waals surface area contributed by atoms with E-state index in [0.717, 1.165) is 18.4 Å². The van der Waals surface area contributed by atoms with Crippen molar-refractivity contribution >= 4 is 29.8 Å². The lowest BCUT2D eigenvalue weighted by atomic mass is 9.77. The molecule has 4 rings (SSSR count). The third kappa shape index (κ3) is 13.5. The Hall–Kier alpha value is -4.61. The molecule has 0 saturated carbocycles. The largest absolute Gasteiger partial charge is 0.489 e. The predicted octanol–water partition coefficient (Wildman–Crippen LogP) is 7.78. The number of esters is 2. The lowest BCUT2D eigenvalue weighted by Gasteiger charge is -2.39. The molecule has 3 amide bonds. The number of likely N-dealkylation sites (tertiary alicyclic amines) is 2. The first-order chi connectivity index (χ1) is 26.5. The Morgan fingerprint density at radius 3 is 1.89 bits per heavy atom. The highest BCUT2D eigenvalue weighted by Gasteiger charge is 2.54. The average molecular weight is 792 g/mol. The van der Waals surface area contributed by atoms with Gasteiger partial charge in [-0.25, -0.2) is 4.79 Å². The van der Waals surface area contributed by atoms with E-state index in [2.05, 4.69) is 5.32 Å². The van der Waals surface area contributed by atoms with E-state index in [0.29, 0.717) is 62.5 Å². The Morgan fingerprint density at radius 2 is 1.32 bits per heavy atom. The van der Waals surface area contributed by atoms with Gasteiger partial charge >= 0.3 is 18.0 Å². The number of rotatable bonds is 12. The zero-order valence-electron chi connectivity index (χ0n) is 35.8. The maximum Gasteiger partial charge on any atom is 0.410 e.